The highest BCUT2D eigenvalue weighted by molar-refractivity contribution is 7.80. The minimum atomic E-state index is -1.30. The molecular weight excluding hydrogens is 462 g/mol. The Labute approximate surface area is 210 Å². The molecule has 2 aromatic carbocycles. The first kappa shape index (κ1) is 23.3. The van der Waals surface area contributed by atoms with E-state index >= 15 is 0 Å². The van der Waals surface area contributed by atoms with Gasteiger partial charge < -0.3 is 15.5 Å². The largest absolute Gasteiger partial charge is 0.367 e. The molecule has 9 heteroatoms. The molecule has 3 aliphatic rings. The maximum Gasteiger partial charge on any atom is 0.332 e. The van der Waals surface area contributed by atoms with Crippen LogP contribution in [0.15, 0.2) is 48.5 Å². The number of nitrogens with one attached hydrogen (secondary N) is 2. The highest BCUT2D eigenvalue weighted by Crippen LogP contribution is 2.49. The van der Waals surface area contributed by atoms with Gasteiger partial charge in [0.05, 0.1) is 6.04 Å². The van der Waals surface area contributed by atoms with Crippen molar-refractivity contribution in [3.8, 4) is 0 Å². The van der Waals surface area contributed by atoms with Crippen molar-refractivity contribution >= 4 is 46.6 Å². The fourth-order valence-electron chi connectivity index (χ4n) is 5.74. The molecule has 2 N–H and O–H groups in total. The van der Waals surface area contributed by atoms with E-state index in [-0.39, 0.29) is 12.5 Å². The number of benzene rings is 2. The van der Waals surface area contributed by atoms with Crippen LogP contribution < -0.4 is 15.5 Å². The van der Waals surface area contributed by atoms with Crippen molar-refractivity contribution in [1.29, 1.82) is 0 Å². The first-order valence-corrected chi connectivity index (χ1v) is 12.3. The van der Waals surface area contributed by atoms with Gasteiger partial charge in [-0.15, -0.1) is 0 Å². The number of urea groups is 1. The summed E-state index contributed by atoms with van der Waals surface area (Å²) < 4.78 is 0. The minimum Gasteiger partial charge on any atom is -0.367 e. The van der Waals surface area contributed by atoms with Gasteiger partial charge in [0.2, 0.25) is 11.8 Å². The van der Waals surface area contributed by atoms with Gasteiger partial charge in [0.25, 0.3) is 0 Å². The molecule has 3 heterocycles. The van der Waals surface area contributed by atoms with E-state index in [1.807, 2.05) is 36.4 Å². The van der Waals surface area contributed by atoms with Crippen molar-refractivity contribution in [2.45, 2.75) is 31.7 Å². The minimum absolute atomic E-state index is 0.257. The van der Waals surface area contributed by atoms with E-state index in [0.717, 1.165) is 52.5 Å². The zero-order chi connectivity index (χ0) is 24.7. The lowest BCUT2D eigenvalue weighted by Gasteiger charge is -2.50. The van der Waals surface area contributed by atoms with Crippen molar-refractivity contribution in [2.24, 2.45) is 5.41 Å². The lowest BCUT2D eigenvalue weighted by atomic mass is 9.68. The molecule has 5 rings (SSSR count). The van der Waals surface area contributed by atoms with E-state index in [9.17, 15) is 14.4 Å². The normalized spacial score (nSPS) is 20.7. The molecule has 1 spiro atoms. The number of amides is 4. The molecule has 0 unspecified atom stereocenters. The van der Waals surface area contributed by atoms with Crippen molar-refractivity contribution in [2.75, 3.05) is 37.4 Å². The Morgan fingerprint density at radius 1 is 1.06 bits per heavy atom. The van der Waals surface area contributed by atoms with Crippen molar-refractivity contribution in [3.63, 3.8) is 0 Å². The van der Waals surface area contributed by atoms with Crippen LogP contribution in [0, 0.1) is 5.41 Å². The molecule has 1 atom stereocenters. The lowest BCUT2D eigenvalue weighted by Crippen LogP contribution is -2.70. The van der Waals surface area contributed by atoms with Gasteiger partial charge in [0.1, 0.15) is 0 Å². The second kappa shape index (κ2) is 8.96. The Morgan fingerprint density at radius 3 is 2.49 bits per heavy atom. The van der Waals surface area contributed by atoms with Crippen LogP contribution in [0.3, 0.4) is 0 Å². The number of carbonyl (C=O) groups is 3. The molecule has 4 amide bonds. The van der Waals surface area contributed by atoms with Crippen LogP contribution in [0.1, 0.15) is 24.0 Å². The monoisotopic (exact) mass is 491 g/mol. The Bertz CT molecular complexity index is 1180. The average Bonchev–Trinajstić information content (AvgIpc) is 3.36. The average molecular weight is 492 g/mol. The summed E-state index contributed by atoms with van der Waals surface area (Å²) in [7, 11) is 2.92. The fraction of sp³-hybridized carbons (Fsp3) is 0.385. The number of hydrogen-bond acceptors (Lipinski definition) is 5. The number of barbiturate groups is 1. The molecule has 2 fully saturated rings. The number of imide groups is 2. The number of fused-ring (bicyclic) bond motifs is 4. The first-order valence-electron chi connectivity index (χ1n) is 11.9. The first-order chi connectivity index (χ1) is 16.8. The molecule has 182 valence electrons. The molecule has 2 saturated heterocycles. The summed E-state index contributed by atoms with van der Waals surface area (Å²) in [6.07, 6.45) is 2.74. The van der Waals surface area contributed by atoms with Crippen LogP contribution >= 0.6 is 12.2 Å². The Hall–Kier alpha value is -3.46. The predicted octanol–water partition coefficient (Wildman–Crippen LogP) is 2.78. The predicted molar refractivity (Wildman–Crippen MR) is 138 cm³/mol. The van der Waals surface area contributed by atoms with Gasteiger partial charge in [-0.05, 0) is 67.2 Å². The van der Waals surface area contributed by atoms with Crippen LogP contribution in [0.2, 0.25) is 0 Å². The second-order valence-electron chi connectivity index (χ2n) is 9.47. The van der Waals surface area contributed by atoms with E-state index in [0.29, 0.717) is 11.7 Å². The number of anilines is 2. The summed E-state index contributed by atoms with van der Waals surface area (Å²) in [6, 6.07) is 15.3. The van der Waals surface area contributed by atoms with Crippen molar-refractivity contribution < 1.29 is 14.4 Å². The van der Waals surface area contributed by atoms with Gasteiger partial charge in [-0.25, -0.2) is 4.79 Å². The Morgan fingerprint density at radius 2 is 1.77 bits per heavy atom. The highest BCUT2D eigenvalue weighted by atomic mass is 32.1. The van der Waals surface area contributed by atoms with Gasteiger partial charge in [0, 0.05) is 38.6 Å². The van der Waals surface area contributed by atoms with Crippen LogP contribution in [-0.2, 0) is 22.4 Å². The third-order valence-corrected chi connectivity index (χ3v) is 7.67. The topological polar surface area (TPSA) is 85.0 Å². The standard InChI is InChI=1S/C26H29N5O3S/c1-29-22(32)26(23(33)30(2)25(29)34)16-18-15-19(10-11-20(18)31-14-6-9-21(26)31)28-24(35)27-13-12-17-7-4-3-5-8-17/h3-5,7-8,10-11,15,21H,6,9,12-14,16H2,1-2H3,(H2,27,28,35)/t21-/m1/s1. The van der Waals surface area contributed by atoms with Gasteiger partial charge in [0.15, 0.2) is 10.5 Å². The summed E-state index contributed by atoms with van der Waals surface area (Å²) in [5.74, 6) is -0.825. The van der Waals surface area contributed by atoms with E-state index in [1.54, 1.807) is 0 Å². The molecular formula is C26H29N5O3S. The summed E-state index contributed by atoms with van der Waals surface area (Å²) >= 11 is 5.49. The highest BCUT2D eigenvalue weighted by Gasteiger charge is 2.63. The van der Waals surface area contributed by atoms with Crippen LogP contribution in [-0.4, -0.2) is 66.0 Å². The maximum absolute atomic E-state index is 13.5. The van der Waals surface area contributed by atoms with E-state index < -0.39 is 23.3 Å². The van der Waals surface area contributed by atoms with Crippen LogP contribution in [0.5, 0.6) is 0 Å². The third kappa shape index (κ3) is 3.83. The molecule has 0 aliphatic carbocycles. The molecule has 0 aromatic heterocycles. The molecule has 35 heavy (non-hydrogen) atoms. The molecule has 2 aromatic rings. The van der Waals surface area contributed by atoms with E-state index in [1.165, 1.54) is 19.7 Å². The van der Waals surface area contributed by atoms with Crippen molar-refractivity contribution in [3.05, 3.63) is 59.7 Å². The lowest BCUT2D eigenvalue weighted by molar-refractivity contribution is -0.159. The fourth-order valence-corrected chi connectivity index (χ4v) is 5.96. The summed E-state index contributed by atoms with van der Waals surface area (Å²) in [6.45, 7) is 1.47. The zero-order valence-electron chi connectivity index (χ0n) is 19.9. The third-order valence-electron chi connectivity index (χ3n) is 7.43. The van der Waals surface area contributed by atoms with Crippen LogP contribution in [0.25, 0.3) is 0 Å². The van der Waals surface area contributed by atoms with Gasteiger partial charge in [-0.1, -0.05) is 30.3 Å². The van der Waals surface area contributed by atoms with Gasteiger partial charge in [-0.3, -0.25) is 19.4 Å². The summed E-state index contributed by atoms with van der Waals surface area (Å²) in [4.78, 5) is 43.8. The number of thiocarbonyl (C=S) groups is 1. The van der Waals surface area contributed by atoms with E-state index in [2.05, 4.69) is 27.7 Å². The molecule has 0 bridgehead atoms. The Kier molecular flexibility index (Phi) is 5.96. The smallest absolute Gasteiger partial charge is 0.332 e. The Balaban J connectivity index is 1.37. The second-order valence-corrected chi connectivity index (χ2v) is 9.88. The maximum atomic E-state index is 13.5. The molecule has 0 saturated carbocycles. The summed E-state index contributed by atoms with van der Waals surface area (Å²) in [5, 5.41) is 6.98. The van der Waals surface area contributed by atoms with E-state index in [4.69, 9.17) is 12.2 Å². The van der Waals surface area contributed by atoms with Crippen molar-refractivity contribution in [1.82, 2.24) is 15.1 Å². The zero-order valence-corrected chi connectivity index (χ0v) is 20.7. The number of nitrogens with zero attached hydrogens (tertiary/aromatic N) is 3. The molecule has 8 nitrogen and oxygen atoms in total. The van der Waals surface area contributed by atoms with Gasteiger partial charge >= 0.3 is 6.03 Å². The van der Waals surface area contributed by atoms with Crippen LogP contribution in [0.4, 0.5) is 16.2 Å². The molecule has 0 radical (unpaired) electrons. The summed E-state index contributed by atoms with van der Waals surface area (Å²) in [5.41, 5.74) is 2.67. The SMILES string of the molecule is CN1C(=O)N(C)C(=O)C2(Cc3cc(NC(=S)NCCc4ccccc4)ccc3N3CCC[C@@H]32)C1=O. The number of carbonyl (C=O) groups excluding carboxylic acids is 3. The number of rotatable bonds is 4. The van der Waals surface area contributed by atoms with Gasteiger partial charge in [-0.2, -0.15) is 0 Å². The number of hydrogen-bond donors (Lipinski definition) is 2. The quantitative estimate of drug-likeness (QED) is 0.503. The molecule has 3 aliphatic heterocycles.